The van der Waals surface area contributed by atoms with Crippen molar-refractivity contribution in [2.45, 2.75) is 13.8 Å². The minimum atomic E-state index is -0.466. The zero-order valence-electron chi connectivity index (χ0n) is 10.4. The molecule has 0 amide bonds. The van der Waals surface area contributed by atoms with Crippen molar-refractivity contribution in [1.29, 1.82) is 0 Å². The maximum Gasteiger partial charge on any atom is 0.359 e. The molecule has 0 spiro atoms. The van der Waals surface area contributed by atoms with Crippen molar-refractivity contribution in [2.24, 2.45) is 0 Å². The first-order chi connectivity index (χ1) is 9.01. The Bertz CT molecular complexity index is 605. The van der Waals surface area contributed by atoms with E-state index in [2.05, 4.69) is 10.1 Å². The molecule has 0 aliphatic carbocycles. The number of halogens is 2. The Morgan fingerprint density at radius 1 is 1.42 bits per heavy atom. The first kappa shape index (κ1) is 13.8. The fourth-order valence-corrected chi connectivity index (χ4v) is 2.01. The summed E-state index contributed by atoms with van der Waals surface area (Å²) in [6.07, 6.45) is 1.67. The molecule has 2 rings (SSSR count). The molecular formula is C12H11Cl2N3O2. The van der Waals surface area contributed by atoms with Crippen LogP contribution in [0.2, 0.25) is 10.2 Å². The van der Waals surface area contributed by atoms with Gasteiger partial charge in [-0.25, -0.2) is 14.5 Å². The maximum absolute atomic E-state index is 11.7. The molecule has 0 saturated heterocycles. The van der Waals surface area contributed by atoms with Gasteiger partial charge in [0.05, 0.1) is 6.61 Å². The molecular weight excluding hydrogens is 289 g/mol. The van der Waals surface area contributed by atoms with Crippen molar-refractivity contribution in [3.05, 3.63) is 39.8 Å². The fraction of sp³-hybridized carbons (Fsp3) is 0.250. The maximum atomic E-state index is 11.7. The number of rotatable bonds is 3. The first-order valence-corrected chi connectivity index (χ1v) is 6.33. The standard InChI is InChI=1S/C12H11Cl2N3O2/c1-3-19-12(18)11-7(2)6-17(16-11)10-5-8(13)4-9(14)15-10/h4-6H,3H2,1-2H3. The summed E-state index contributed by atoms with van der Waals surface area (Å²) in [5.41, 5.74) is 0.941. The van der Waals surface area contributed by atoms with Crippen LogP contribution in [0.25, 0.3) is 5.82 Å². The monoisotopic (exact) mass is 299 g/mol. The Balaban J connectivity index is 2.41. The number of aromatic nitrogens is 3. The largest absolute Gasteiger partial charge is 0.461 e. The molecule has 19 heavy (non-hydrogen) atoms. The van der Waals surface area contributed by atoms with Crippen LogP contribution in [0.4, 0.5) is 0 Å². The van der Waals surface area contributed by atoms with Crippen molar-refractivity contribution in [3.8, 4) is 5.82 Å². The lowest BCUT2D eigenvalue weighted by atomic mass is 10.3. The highest BCUT2D eigenvalue weighted by atomic mass is 35.5. The fourth-order valence-electron chi connectivity index (χ4n) is 1.55. The summed E-state index contributed by atoms with van der Waals surface area (Å²) in [7, 11) is 0. The molecule has 0 aliphatic rings. The number of aryl methyl sites for hydroxylation is 1. The number of hydrogen-bond acceptors (Lipinski definition) is 4. The molecule has 2 heterocycles. The van der Waals surface area contributed by atoms with Crippen LogP contribution in [0, 0.1) is 6.92 Å². The summed E-state index contributed by atoms with van der Waals surface area (Å²) in [6, 6.07) is 3.13. The Morgan fingerprint density at radius 3 is 2.79 bits per heavy atom. The quantitative estimate of drug-likeness (QED) is 0.645. The van der Waals surface area contributed by atoms with Crippen LogP contribution in [-0.4, -0.2) is 27.3 Å². The first-order valence-electron chi connectivity index (χ1n) is 5.58. The van der Waals surface area contributed by atoms with Gasteiger partial charge in [0.15, 0.2) is 11.5 Å². The van der Waals surface area contributed by atoms with Crippen LogP contribution in [0.1, 0.15) is 23.0 Å². The molecule has 100 valence electrons. The van der Waals surface area contributed by atoms with Gasteiger partial charge in [-0.2, -0.15) is 5.10 Å². The second-order valence-electron chi connectivity index (χ2n) is 3.79. The smallest absolute Gasteiger partial charge is 0.359 e. The van der Waals surface area contributed by atoms with Crippen LogP contribution in [0.5, 0.6) is 0 Å². The van der Waals surface area contributed by atoms with Crippen LogP contribution in [-0.2, 0) is 4.74 Å². The number of pyridine rings is 1. The summed E-state index contributed by atoms with van der Waals surface area (Å²) >= 11 is 11.7. The molecule has 0 atom stereocenters. The summed E-state index contributed by atoms with van der Waals surface area (Å²) in [5.74, 6) is -0.0250. The van der Waals surface area contributed by atoms with E-state index in [1.54, 1.807) is 26.1 Å². The Labute approximate surface area is 120 Å². The third-order valence-electron chi connectivity index (χ3n) is 2.35. The predicted octanol–water partition coefficient (Wildman–Crippen LogP) is 3.06. The number of carbonyl (C=O) groups excluding carboxylic acids is 1. The molecule has 2 aromatic heterocycles. The second-order valence-corrected chi connectivity index (χ2v) is 4.62. The number of carbonyl (C=O) groups is 1. The van der Waals surface area contributed by atoms with Gasteiger partial charge in [-0.1, -0.05) is 23.2 Å². The Kier molecular flexibility index (Phi) is 4.07. The molecule has 0 N–H and O–H groups in total. The van der Waals surface area contributed by atoms with Crippen molar-refractivity contribution >= 4 is 29.2 Å². The van der Waals surface area contributed by atoms with E-state index < -0.39 is 5.97 Å². The molecule has 2 aromatic rings. The van der Waals surface area contributed by atoms with Gasteiger partial charge in [-0.05, 0) is 19.9 Å². The molecule has 0 unspecified atom stereocenters. The van der Waals surface area contributed by atoms with Gasteiger partial charge in [0, 0.05) is 22.8 Å². The van der Waals surface area contributed by atoms with Crippen molar-refractivity contribution in [2.75, 3.05) is 6.61 Å². The van der Waals surface area contributed by atoms with Crippen molar-refractivity contribution in [1.82, 2.24) is 14.8 Å². The third-order valence-corrected chi connectivity index (χ3v) is 2.76. The zero-order valence-corrected chi connectivity index (χ0v) is 11.9. The molecule has 0 radical (unpaired) electrons. The zero-order chi connectivity index (χ0) is 14.0. The lowest BCUT2D eigenvalue weighted by Gasteiger charge is -2.01. The second kappa shape index (κ2) is 5.59. The minimum absolute atomic E-state index is 0.250. The topological polar surface area (TPSA) is 57.0 Å². The van der Waals surface area contributed by atoms with Crippen LogP contribution < -0.4 is 0 Å². The van der Waals surface area contributed by atoms with Gasteiger partial charge in [0.25, 0.3) is 0 Å². The van der Waals surface area contributed by atoms with E-state index in [4.69, 9.17) is 27.9 Å². The van der Waals surface area contributed by atoms with Crippen molar-refractivity contribution in [3.63, 3.8) is 0 Å². The summed E-state index contributed by atoms with van der Waals surface area (Å²) < 4.78 is 6.36. The average molecular weight is 300 g/mol. The number of hydrogen-bond donors (Lipinski definition) is 0. The molecule has 0 fully saturated rings. The van der Waals surface area contributed by atoms with Crippen molar-refractivity contribution < 1.29 is 9.53 Å². The van der Waals surface area contributed by atoms with Gasteiger partial charge in [0.2, 0.25) is 0 Å². The lowest BCUT2D eigenvalue weighted by molar-refractivity contribution is 0.0518. The highest BCUT2D eigenvalue weighted by Gasteiger charge is 2.16. The SMILES string of the molecule is CCOC(=O)c1nn(-c2cc(Cl)cc(Cl)n2)cc1C. The Morgan fingerprint density at radius 2 is 2.16 bits per heavy atom. The normalized spacial score (nSPS) is 10.5. The molecule has 7 heteroatoms. The van der Waals surface area contributed by atoms with E-state index in [0.29, 0.717) is 23.0 Å². The summed E-state index contributed by atoms with van der Waals surface area (Å²) in [6.45, 7) is 3.80. The highest BCUT2D eigenvalue weighted by molar-refractivity contribution is 6.34. The van der Waals surface area contributed by atoms with E-state index in [9.17, 15) is 4.79 Å². The van der Waals surface area contributed by atoms with Gasteiger partial charge < -0.3 is 4.74 Å². The molecule has 5 nitrogen and oxygen atoms in total. The van der Waals surface area contributed by atoms with Gasteiger partial charge >= 0.3 is 5.97 Å². The van der Waals surface area contributed by atoms with Crippen LogP contribution in [0.3, 0.4) is 0 Å². The molecule has 0 bridgehead atoms. The minimum Gasteiger partial charge on any atom is -0.461 e. The summed E-state index contributed by atoms with van der Waals surface area (Å²) in [5, 5.41) is 4.85. The number of ether oxygens (including phenoxy) is 1. The highest BCUT2D eigenvalue weighted by Crippen LogP contribution is 2.19. The van der Waals surface area contributed by atoms with Crippen LogP contribution in [0.15, 0.2) is 18.3 Å². The van der Waals surface area contributed by atoms with E-state index in [1.807, 2.05) is 0 Å². The van der Waals surface area contributed by atoms with E-state index in [1.165, 1.54) is 10.7 Å². The molecule has 0 saturated carbocycles. The lowest BCUT2D eigenvalue weighted by Crippen LogP contribution is -2.08. The third kappa shape index (κ3) is 3.05. The Hall–Kier alpha value is -1.59. The van der Waals surface area contributed by atoms with E-state index in [-0.39, 0.29) is 10.8 Å². The average Bonchev–Trinajstić information content (AvgIpc) is 2.70. The molecule has 0 aromatic carbocycles. The van der Waals surface area contributed by atoms with Crippen LogP contribution >= 0.6 is 23.2 Å². The van der Waals surface area contributed by atoms with Gasteiger partial charge in [-0.3, -0.25) is 0 Å². The summed E-state index contributed by atoms with van der Waals surface area (Å²) in [4.78, 5) is 15.8. The van der Waals surface area contributed by atoms with E-state index >= 15 is 0 Å². The van der Waals surface area contributed by atoms with E-state index in [0.717, 1.165) is 0 Å². The predicted molar refractivity (Wildman–Crippen MR) is 72.1 cm³/mol. The van der Waals surface area contributed by atoms with Gasteiger partial charge in [0.1, 0.15) is 5.15 Å². The molecule has 0 aliphatic heterocycles. The number of esters is 1. The van der Waals surface area contributed by atoms with Gasteiger partial charge in [-0.15, -0.1) is 0 Å². The number of nitrogens with zero attached hydrogens (tertiary/aromatic N) is 3.